The molecule has 0 spiro atoms. The number of hydrogen-bond acceptors (Lipinski definition) is 2. The van der Waals surface area contributed by atoms with Gasteiger partial charge in [0.05, 0.1) is 16.9 Å². The van der Waals surface area contributed by atoms with Gasteiger partial charge in [0.15, 0.2) is 0 Å². The van der Waals surface area contributed by atoms with E-state index in [0.29, 0.717) is 11.4 Å². The van der Waals surface area contributed by atoms with Gasteiger partial charge in [0, 0.05) is 9.64 Å². The van der Waals surface area contributed by atoms with Crippen LogP contribution >= 0.6 is 22.6 Å². The molecule has 4 nitrogen and oxygen atoms in total. The van der Waals surface area contributed by atoms with E-state index in [0.717, 1.165) is 26.1 Å². The van der Waals surface area contributed by atoms with E-state index in [2.05, 4.69) is 65.1 Å². The number of carbonyl (C=O) groups is 1. The Balaban J connectivity index is 1.98. The van der Waals surface area contributed by atoms with Crippen molar-refractivity contribution in [2.75, 3.05) is 5.32 Å². The highest BCUT2D eigenvalue weighted by Crippen LogP contribution is 2.21. The summed E-state index contributed by atoms with van der Waals surface area (Å²) in [6.45, 7) is 6.02. The van der Waals surface area contributed by atoms with Gasteiger partial charge in [-0.05, 0) is 78.8 Å². The van der Waals surface area contributed by atoms with Crippen molar-refractivity contribution in [3.05, 3.63) is 74.5 Å². The SMILES string of the molecule is Cc1cc(C)cc(-n2nc(C)cc2NC(=O)c2ccccc2I)c1. The van der Waals surface area contributed by atoms with E-state index in [1.165, 1.54) is 0 Å². The Morgan fingerprint density at radius 1 is 1.04 bits per heavy atom. The molecule has 0 saturated heterocycles. The van der Waals surface area contributed by atoms with E-state index in [1.807, 2.05) is 37.3 Å². The van der Waals surface area contributed by atoms with Crippen LogP contribution in [0.1, 0.15) is 27.2 Å². The average Bonchev–Trinajstić information content (AvgIpc) is 2.87. The minimum atomic E-state index is -0.134. The lowest BCUT2D eigenvalue weighted by molar-refractivity contribution is 0.102. The molecule has 1 aromatic heterocycles. The minimum absolute atomic E-state index is 0.134. The monoisotopic (exact) mass is 431 g/mol. The molecule has 0 fully saturated rings. The molecule has 1 amide bonds. The third kappa shape index (κ3) is 3.51. The summed E-state index contributed by atoms with van der Waals surface area (Å²) in [5.41, 5.74) is 4.77. The Labute approximate surface area is 155 Å². The van der Waals surface area contributed by atoms with Gasteiger partial charge in [0.2, 0.25) is 0 Å². The lowest BCUT2D eigenvalue weighted by Crippen LogP contribution is -2.16. The fourth-order valence-corrected chi connectivity index (χ4v) is 3.32. The zero-order valence-electron chi connectivity index (χ0n) is 13.8. The molecular weight excluding hydrogens is 413 g/mol. The fourth-order valence-electron chi connectivity index (χ4n) is 2.69. The third-order valence-corrected chi connectivity index (χ3v) is 4.58. The third-order valence-electron chi connectivity index (χ3n) is 3.64. The van der Waals surface area contributed by atoms with Crippen LogP contribution in [0.5, 0.6) is 0 Å². The number of nitrogens with zero attached hydrogens (tertiary/aromatic N) is 2. The van der Waals surface area contributed by atoms with Crippen LogP contribution in [0.4, 0.5) is 5.82 Å². The summed E-state index contributed by atoms with van der Waals surface area (Å²) in [5.74, 6) is 0.535. The van der Waals surface area contributed by atoms with Crippen LogP contribution in [0.3, 0.4) is 0 Å². The molecule has 3 aromatic rings. The highest BCUT2D eigenvalue weighted by atomic mass is 127. The summed E-state index contributed by atoms with van der Waals surface area (Å²) >= 11 is 2.17. The maximum atomic E-state index is 12.6. The van der Waals surface area contributed by atoms with E-state index in [-0.39, 0.29) is 5.91 Å². The first-order valence-electron chi connectivity index (χ1n) is 7.65. The van der Waals surface area contributed by atoms with Crippen LogP contribution in [0.15, 0.2) is 48.5 Å². The number of nitrogens with one attached hydrogen (secondary N) is 1. The Morgan fingerprint density at radius 2 is 1.71 bits per heavy atom. The lowest BCUT2D eigenvalue weighted by atomic mass is 10.1. The van der Waals surface area contributed by atoms with Crippen LogP contribution in [0.2, 0.25) is 0 Å². The van der Waals surface area contributed by atoms with Crippen molar-refractivity contribution in [3.63, 3.8) is 0 Å². The van der Waals surface area contributed by atoms with E-state index in [9.17, 15) is 4.79 Å². The summed E-state index contributed by atoms with van der Waals surface area (Å²) in [5, 5.41) is 7.51. The summed E-state index contributed by atoms with van der Waals surface area (Å²) in [4.78, 5) is 12.6. The number of carbonyl (C=O) groups excluding carboxylic acids is 1. The second kappa shape index (κ2) is 6.76. The van der Waals surface area contributed by atoms with Crippen molar-refractivity contribution in [2.24, 2.45) is 0 Å². The molecule has 0 aliphatic carbocycles. The molecule has 1 heterocycles. The van der Waals surface area contributed by atoms with Gasteiger partial charge in [-0.25, -0.2) is 4.68 Å². The first kappa shape index (κ1) is 16.7. The zero-order chi connectivity index (χ0) is 17.3. The maximum absolute atomic E-state index is 12.6. The van der Waals surface area contributed by atoms with Crippen molar-refractivity contribution in [2.45, 2.75) is 20.8 Å². The number of anilines is 1. The number of amides is 1. The van der Waals surface area contributed by atoms with Gasteiger partial charge in [0.25, 0.3) is 5.91 Å². The first-order valence-corrected chi connectivity index (χ1v) is 8.73. The molecule has 122 valence electrons. The van der Waals surface area contributed by atoms with Crippen molar-refractivity contribution >= 4 is 34.3 Å². The Kier molecular flexibility index (Phi) is 4.71. The largest absolute Gasteiger partial charge is 0.306 e. The average molecular weight is 431 g/mol. The number of aromatic nitrogens is 2. The molecule has 5 heteroatoms. The molecular formula is C19H18IN3O. The number of hydrogen-bond donors (Lipinski definition) is 1. The van der Waals surface area contributed by atoms with Crippen LogP contribution < -0.4 is 5.32 Å². The van der Waals surface area contributed by atoms with Gasteiger partial charge >= 0.3 is 0 Å². The van der Waals surface area contributed by atoms with Gasteiger partial charge < -0.3 is 5.32 Å². The van der Waals surface area contributed by atoms with E-state index >= 15 is 0 Å². The topological polar surface area (TPSA) is 46.9 Å². The molecule has 2 aromatic carbocycles. The smallest absolute Gasteiger partial charge is 0.257 e. The molecule has 0 radical (unpaired) electrons. The molecule has 0 aliphatic rings. The molecule has 0 atom stereocenters. The molecule has 0 unspecified atom stereocenters. The second-order valence-electron chi connectivity index (χ2n) is 5.86. The molecule has 0 bridgehead atoms. The number of aryl methyl sites for hydroxylation is 3. The lowest BCUT2D eigenvalue weighted by Gasteiger charge is -2.11. The quantitative estimate of drug-likeness (QED) is 0.614. The zero-order valence-corrected chi connectivity index (χ0v) is 16.0. The Morgan fingerprint density at radius 3 is 2.38 bits per heavy atom. The standard InChI is InChI=1S/C19H18IN3O/c1-12-8-13(2)10-15(9-12)23-18(11-14(3)22-23)21-19(24)16-6-4-5-7-17(16)20/h4-11H,1-3H3,(H,21,24). The van der Waals surface area contributed by atoms with Gasteiger partial charge in [-0.3, -0.25) is 4.79 Å². The normalized spacial score (nSPS) is 10.7. The molecule has 3 rings (SSSR count). The summed E-state index contributed by atoms with van der Waals surface area (Å²) in [7, 11) is 0. The van der Waals surface area contributed by atoms with Gasteiger partial charge in [0.1, 0.15) is 5.82 Å². The first-order chi connectivity index (χ1) is 11.4. The van der Waals surface area contributed by atoms with E-state index in [1.54, 1.807) is 4.68 Å². The van der Waals surface area contributed by atoms with Crippen LogP contribution in [-0.2, 0) is 0 Å². The number of benzene rings is 2. The van der Waals surface area contributed by atoms with E-state index < -0.39 is 0 Å². The van der Waals surface area contributed by atoms with Crippen LogP contribution in [-0.4, -0.2) is 15.7 Å². The predicted octanol–water partition coefficient (Wildman–Crippen LogP) is 4.65. The Hall–Kier alpha value is -2.15. The molecule has 1 N–H and O–H groups in total. The van der Waals surface area contributed by atoms with Gasteiger partial charge in [-0.1, -0.05) is 18.2 Å². The molecule has 0 saturated carbocycles. The second-order valence-corrected chi connectivity index (χ2v) is 7.02. The highest BCUT2D eigenvalue weighted by molar-refractivity contribution is 14.1. The fraction of sp³-hybridized carbons (Fsp3) is 0.158. The maximum Gasteiger partial charge on any atom is 0.257 e. The van der Waals surface area contributed by atoms with Gasteiger partial charge in [-0.15, -0.1) is 0 Å². The number of rotatable bonds is 3. The van der Waals surface area contributed by atoms with Gasteiger partial charge in [-0.2, -0.15) is 5.10 Å². The van der Waals surface area contributed by atoms with Crippen molar-refractivity contribution in [1.82, 2.24) is 9.78 Å². The van der Waals surface area contributed by atoms with Crippen molar-refractivity contribution in [3.8, 4) is 5.69 Å². The number of halogens is 1. The van der Waals surface area contributed by atoms with Crippen LogP contribution in [0.25, 0.3) is 5.69 Å². The summed E-state index contributed by atoms with van der Waals surface area (Å²) in [6.07, 6.45) is 0. The van der Waals surface area contributed by atoms with E-state index in [4.69, 9.17) is 0 Å². The highest BCUT2D eigenvalue weighted by Gasteiger charge is 2.14. The minimum Gasteiger partial charge on any atom is -0.306 e. The van der Waals surface area contributed by atoms with Crippen molar-refractivity contribution in [1.29, 1.82) is 0 Å². The van der Waals surface area contributed by atoms with Crippen LogP contribution in [0, 0.1) is 24.3 Å². The Bertz CT molecular complexity index is 894. The molecule has 0 aliphatic heterocycles. The summed E-state index contributed by atoms with van der Waals surface area (Å²) < 4.78 is 2.70. The summed E-state index contributed by atoms with van der Waals surface area (Å²) in [6, 6.07) is 15.6. The molecule has 24 heavy (non-hydrogen) atoms. The predicted molar refractivity (Wildman–Crippen MR) is 105 cm³/mol. The van der Waals surface area contributed by atoms with Crippen molar-refractivity contribution < 1.29 is 4.79 Å².